The Kier molecular flexibility index (Phi) is 3.41. The molecule has 3 heteroatoms. The molecule has 0 radical (unpaired) electrons. The Hall–Kier alpha value is -1.93. The van der Waals surface area contributed by atoms with Gasteiger partial charge in [-0.25, -0.2) is 0 Å². The quantitative estimate of drug-likeness (QED) is 0.683. The highest BCUT2D eigenvalue weighted by atomic mass is 35.5. The molecule has 0 saturated heterocycles. The molecular formula is C17H16ClNO. The van der Waals surface area contributed by atoms with Gasteiger partial charge < -0.3 is 9.30 Å². The first-order chi connectivity index (χ1) is 9.67. The van der Waals surface area contributed by atoms with E-state index in [0.29, 0.717) is 0 Å². The summed E-state index contributed by atoms with van der Waals surface area (Å²) in [5, 5.41) is 1.98. The maximum Gasteiger partial charge on any atom is 0.119 e. The van der Waals surface area contributed by atoms with Gasteiger partial charge in [-0.3, -0.25) is 0 Å². The molecule has 0 amide bonds. The van der Waals surface area contributed by atoms with Crippen LogP contribution >= 0.6 is 11.6 Å². The van der Waals surface area contributed by atoms with Crippen molar-refractivity contribution < 1.29 is 4.74 Å². The Labute approximate surface area is 123 Å². The zero-order chi connectivity index (χ0) is 14.1. The third kappa shape index (κ3) is 2.39. The maximum atomic E-state index is 5.93. The lowest BCUT2D eigenvalue weighted by molar-refractivity contribution is 0.415. The van der Waals surface area contributed by atoms with Crippen LogP contribution in [0.2, 0.25) is 5.02 Å². The van der Waals surface area contributed by atoms with Crippen LogP contribution in [0.3, 0.4) is 0 Å². The maximum absolute atomic E-state index is 5.93. The van der Waals surface area contributed by atoms with E-state index in [4.69, 9.17) is 16.3 Å². The number of halogens is 1. The average molecular weight is 286 g/mol. The van der Waals surface area contributed by atoms with Crippen LogP contribution in [0.25, 0.3) is 10.9 Å². The summed E-state index contributed by atoms with van der Waals surface area (Å²) in [6.07, 6.45) is 0. The molecule has 20 heavy (non-hydrogen) atoms. The molecule has 0 aliphatic carbocycles. The van der Waals surface area contributed by atoms with Crippen LogP contribution in [-0.4, -0.2) is 11.7 Å². The summed E-state index contributed by atoms with van der Waals surface area (Å²) < 4.78 is 7.58. The Morgan fingerprint density at radius 1 is 1.05 bits per heavy atom. The van der Waals surface area contributed by atoms with Gasteiger partial charge in [-0.05, 0) is 48.9 Å². The van der Waals surface area contributed by atoms with Gasteiger partial charge in [0.2, 0.25) is 0 Å². The summed E-state index contributed by atoms with van der Waals surface area (Å²) in [6, 6.07) is 16.4. The minimum atomic E-state index is 0.771. The highest BCUT2D eigenvalue weighted by Crippen LogP contribution is 2.25. The molecule has 0 unspecified atom stereocenters. The zero-order valence-corrected chi connectivity index (χ0v) is 12.3. The molecule has 0 saturated carbocycles. The van der Waals surface area contributed by atoms with Crippen LogP contribution in [0, 0.1) is 6.92 Å². The van der Waals surface area contributed by atoms with Crippen molar-refractivity contribution in [2.75, 3.05) is 7.11 Å². The number of benzene rings is 2. The van der Waals surface area contributed by atoms with Gasteiger partial charge in [-0.2, -0.15) is 0 Å². The molecule has 2 aromatic carbocycles. The van der Waals surface area contributed by atoms with Crippen molar-refractivity contribution in [3.8, 4) is 5.75 Å². The summed E-state index contributed by atoms with van der Waals surface area (Å²) in [7, 11) is 1.69. The summed E-state index contributed by atoms with van der Waals surface area (Å²) in [5.41, 5.74) is 3.70. The molecule has 1 aromatic heterocycles. The number of rotatable bonds is 3. The number of aromatic nitrogens is 1. The van der Waals surface area contributed by atoms with Crippen LogP contribution < -0.4 is 4.74 Å². The molecule has 0 spiro atoms. The standard InChI is InChI=1S/C17H16ClNO/c1-12-9-14-10-16(20-2)7-8-17(14)19(12)11-13-3-5-15(18)6-4-13/h3-10H,11H2,1-2H3. The van der Waals surface area contributed by atoms with E-state index in [-0.39, 0.29) is 0 Å². The molecule has 0 bridgehead atoms. The van der Waals surface area contributed by atoms with Crippen molar-refractivity contribution in [3.05, 3.63) is 64.8 Å². The van der Waals surface area contributed by atoms with Gasteiger partial charge in [0.05, 0.1) is 7.11 Å². The molecule has 0 aliphatic heterocycles. The minimum Gasteiger partial charge on any atom is -0.497 e. The van der Waals surface area contributed by atoms with Crippen LogP contribution in [0.4, 0.5) is 0 Å². The molecule has 1 heterocycles. The fourth-order valence-electron chi connectivity index (χ4n) is 2.50. The van der Waals surface area contributed by atoms with E-state index in [2.05, 4.69) is 41.8 Å². The number of aryl methyl sites for hydroxylation is 1. The largest absolute Gasteiger partial charge is 0.497 e. The molecule has 0 atom stereocenters. The smallest absolute Gasteiger partial charge is 0.119 e. The van der Waals surface area contributed by atoms with Crippen molar-refractivity contribution in [1.29, 1.82) is 0 Å². The summed E-state index contributed by atoms with van der Waals surface area (Å²) >= 11 is 5.93. The minimum absolute atomic E-state index is 0.771. The van der Waals surface area contributed by atoms with Crippen LogP contribution in [0.15, 0.2) is 48.5 Å². The molecule has 0 aliphatic rings. The number of nitrogens with zero attached hydrogens (tertiary/aromatic N) is 1. The first-order valence-electron chi connectivity index (χ1n) is 6.56. The summed E-state index contributed by atoms with van der Waals surface area (Å²) in [6.45, 7) is 2.97. The van der Waals surface area contributed by atoms with Gasteiger partial charge in [-0.1, -0.05) is 23.7 Å². The molecular weight excluding hydrogens is 270 g/mol. The van der Waals surface area contributed by atoms with Crippen molar-refractivity contribution in [1.82, 2.24) is 4.57 Å². The number of methoxy groups -OCH3 is 1. The monoisotopic (exact) mass is 285 g/mol. The third-order valence-electron chi connectivity index (χ3n) is 3.57. The van der Waals surface area contributed by atoms with Crippen molar-refractivity contribution in [3.63, 3.8) is 0 Å². The SMILES string of the molecule is COc1ccc2c(c1)cc(C)n2Cc1ccc(Cl)cc1. The second kappa shape index (κ2) is 5.22. The molecule has 3 rings (SSSR count). The van der Waals surface area contributed by atoms with Gasteiger partial charge in [0.1, 0.15) is 5.75 Å². The Morgan fingerprint density at radius 3 is 2.50 bits per heavy atom. The Morgan fingerprint density at radius 2 is 1.80 bits per heavy atom. The van der Waals surface area contributed by atoms with E-state index in [9.17, 15) is 0 Å². The van der Waals surface area contributed by atoms with Crippen LogP contribution in [-0.2, 0) is 6.54 Å². The predicted molar refractivity (Wildman–Crippen MR) is 83.8 cm³/mol. The van der Waals surface area contributed by atoms with Crippen LogP contribution in [0.1, 0.15) is 11.3 Å². The topological polar surface area (TPSA) is 14.2 Å². The normalized spacial score (nSPS) is 10.9. The second-order valence-electron chi connectivity index (χ2n) is 4.92. The van der Waals surface area contributed by atoms with E-state index >= 15 is 0 Å². The Balaban J connectivity index is 2.02. The van der Waals surface area contributed by atoms with Gasteiger partial charge >= 0.3 is 0 Å². The molecule has 0 N–H and O–H groups in total. The van der Waals surface area contributed by atoms with E-state index in [0.717, 1.165) is 17.3 Å². The van der Waals surface area contributed by atoms with E-state index in [1.54, 1.807) is 7.11 Å². The second-order valence-corrected chi connectivity index (χ2v) is 5.36. The fraction of sp³-hybridized carbons (Fsp3) is 0.176. The van der Waals surface area contributed by atoms with E-state index in [1.165, 1.54) is 22.2 Å². The zero-order valence-electron chi connectivity index (χ0n) is 11.6. The first kappa shape index (κ1) is 13.1. The van der Waals surface area contributed by atoms with Crippen molar-refractivity contribution in [2.45, 2.75) is 13.5 Å². The van der Waals surface area contributed by atoms with Gasteiger partial charge in [0.25, 0.3) is 0 Å². The molecule has 3 aromatic rings. The highest BCUT2D eigenvalue weighted by molar-refractivity contribution is 6.30. The number of fused-ring (bicyclic) bond motifs is 1. The summed E-state index contributed by atoms with van der Waals surface area (Å²) in [5.74, 6) is 0.890. The first-order valence-corrected chi connectivity index (χ1v) is 6.93. The molecule has 2 nitrogen and oxygen atoms in total. The molecule has 102 valence electrons. The lowest BCUT2D eigenvalue weighted by Crippen LogP contribution is -2.01. The van der Waals surface area contributed by atoms with E-state index in [1.807, 2.05) is 18.2 Å². The fourth-order valence-corrected chi connectivity index (χ4v) is 2.62. The number of hydrogen-bond donors (Lipinski definition) is 0. The number of hydrogen-bond acceptors (Lipinski definition) is 1. The van der Waals surface area contributed by atoms with Gasteiger partial charge in [0, 0.05) is 28.2 Å². The van der Waals surface area contributed by atoms with Crippen molar-refractivity contribution >= 4 is 22.5 Å². The molecule has 0 fully saturated rings. The number of ether oxygens (including phenoxy) is 1. The summed E-state index contributed by atoms with van der Waals surface area (Å²) in [4.78, 5) is 0. The Bertz CT molecular complexity index is 744. The predicted octanol–water partition coefficient (Wildman–Crippen LogP) is 4.66. The van der Waals surface area contributed by atoms with Crippen LogP contribution in [0.5, 0.6) is 5.75 Å². The van der Waals surface area contributed by atoms with Gasteiger partial charge in [0.15, 0.2) is 0 Å². The van der Waals surface area contributed by atoms with E-state index < -0.39 is 0 Å². The highest BCUT2D eigenvalue weighted by Gasteiger charge is 2.07. The van der Waals surface area contributed by atoms with Gasteiger partial charge in [-0.15, -0.1) is 0 Å². The third-order valence-corrected chi connectivity index (χ3v) is 3.82. The lowest BCUT2D eigenvalue weighted by Gasteiger charge is -2.09. The average Bonchev–Trinajstić information content (AvgIpc) is 2.76. The lowest BCUT2D eigenvalue weighted by atomic mass is 10.2. The van der Waals surface area contributed by atoms with Crippen molar-refractivity contribution in [2.24, 2.45) is 0 Å².